The zero-order valence-corrected chi connectivity index (χ0v) is 8.38. The fourth-order valence-corrected chi connectivity index (χ4v) is 1.52. The zero-order chi connectivity index (χ0) is 9.68. The maximum atomic E-state index is 10.5. The van der Waals surface area contributed by atoms with Gasteiger partial charge in [0.25, 0.3) is 0 Å². The first-order chi connectivity index (χ1) is 6.18. The summed E-state index contributed by atoms with van der Waals surface area (Å²) in [5, 5.41) is 2.00. The van der Waals surface area contributed by atoms with Crippen LogP contribution in [0.3, 0.4) is 0 Å². The van der Waals surface area contributed by atoms with Crippen molar-refractivity contribution in [2.45, 2.75) is 13.0 Å². The molecule has 1 aromatic heterocycles. The monoisotopic (exact) mass is 199 g/mol. The van der Waals surface area contributed by atoms with Crippen LogP contribution < -0.4 is 5.73 Å². The van der Waals surface area contributed by atoms with Gasteiger partial charge < -0.3 is 10.6 Å². The summed E-state index contributed by atoms with van der Waals surface area (Å²) in [7, 11) is 1.95. The minimum Gasteiger partial charge on any atom is -0.370 e. The van der Waals surface area contributed by atoms with E-state index in [1.807, 2.05) is 17.3 Å². The third-order valence-corrected chi connectivity index (χ3v) is 2.29. The van der Waals surface area contributed by atoms with Crippen LogP contribution in [0.2, 0.25) is 0 Å². The number of hydrogen-bond donors (Lipinski definition) is 1. The number of nitrogens with two attached hydrogens (primary N) is 1. The van der Waals surface area contributed by atoms with E-state index >= 15 is 0 Å². The third kappa shape index (κ3) is 4.00. The minimum atomic E-state index is -0.259. The molecule has 0 saturated carbocycles. The van der Waals surface area contributed by atoms with E-state index in [-0.39, 0.29) is 5.91 Å². The summed E-state index contributed by atoms with van der Waals surface area (Å²) in [6, 6.07) is 0. The van der Waals surface area contributed by atoms with Crippen molar-refractivity contribution in [1.29, 1.82) is 0 Å². The molecule has 72 valence electrons. The number of amides is 1. The van der Waals surface area contributed by atoms with Gasteiger partial charge in [0.1, 0.15) is 0 Å². The number of hydrogen-bond acceptors (Lipinski definition) is 4. The van der Waals surface area contributed by atoms with Gasteiger partial charge in [-0.25, -0.2) is 4.98 Å². The van der Waals surface area contributed by atoms with Crippen LogP contribution in [0.4, 0.5) is 0 Å². The third-order valence-electron chi connectivity index (χ3n) is 1.66. The number of primary amides is 1. The predicted octanol–water partition coefficient (Wildman–Crippen LogP) is 0.450. The molecule has 0 atom stereocenters. The SMILES string of the molecule is CN(CCC(N)=O)Cc1cscn1. The fourth-order valence-electron chi connectivity index (χ4n) is 0.972. The highest BCUT2D eigenvalue weighted by atomic mass is 32.1. The molecule has 1 rings (SSSR count). The lowest BCUT2D eigenvalue weighted by Gasteiger charge is -2.13. The number of rotatable bonds is 5. The summed E-state index contributed by atoms with van der Waals surface area (Å²) in [5.74, 6) is -0.259. The standard InChI is InChI=1S/C8H13N3OS/c1-11(3-2-8(9)12)4-7-5-13-6-10-7/h5-6H,2-4H2,1H3,(H2,9,12). The quantitative estimate of drug-likeness (QED) is 0.749. The molecule has 0 aliphatic heterocycles. The van der Waals surface area contributed by atoms with Crippen molar-refractivity contribution in [2.75, 3.05) is 13.6 Å². The van der Waals surface area contributed by atoms with E-state index in [1.165, 1.54) is 0 Å². The van der Waals surface area contributed by atoms with Gasteiger partial charge in [-0.1, -0.05) is 0 Å². The van der Waals surface area contributed by atoms with E-state index in [0.717, 1.165) is 12.2 Å². The molecule has 1 amide bonds. The maximum absolute atomic E-state index is 10.5. The minimum absolute atomic E-state index is 0.259. The largest absolute Gasteiger partial charge is 0.370 e. The van der Waals surface area contributed by atoms with E-state index in [4.69, 9.17) is 5.73 Å². The van der Waals surface area contributed by atoms with Crippen LogP contribution in [-0.2, 0) is 11.3 Å². The summed E-state index contributed by atoms with van der Waals surface area (Å²) in [6.45, 7) is 1.46. The normalized spacial score (nSPS) is 10.6. The van der Waals surface area contributed by atoms with Gasteiger partial charge in [0.15, 0.2) is 0 Å². The van der Waals surface area contributed by atoms with Crippen LogP contribution in [0.25, 0.3) is 0 Å². The first-order valence-electron chi connectivity index (χ1n) is 4.02. The van der Waals surface area contributed by atoms with E-state index in [2.05, 4.69) is 4.98 Å². The van der Waals surface area contributed by atoms with Crippen molar-refractivity contribution in [3.63, 3.8) is 0 Å². The second-order valence-corrected chi connectivity index (χ2v) is 3.65. The van der Waals surface area contributed by atoms with Gasteiger partial charge >= 0.3 is 0 Å². The lowest BCUT2D eigenvalue weighted by molar-refractivity contribution is -0.118. The molecular weight excluding hydrogens is 186 g/mol. The molecule has 0 saturated heterocycles. The summed E-state index contributed by atoms with van der Waals surface area (Å²) in [5.41, 5.74) is 7.88. The Labute approximate surface area is 81.4 Å². The van der Waals surface area contributed by atoms with Crippen molar-refractivity contribution < 1.29 is 4.79 Å². The first-order valence-corrected chi connectivity index (χ1v) is 4.96. The summed E-state index contributed by atoms with van der Waals surface area (Å²) < 4.78 is 0. The Hall–Kier alpha value is -0.940. The van der Waals surface area contributed by atoms with Crippen LogP contribution in [0.1, 0.15) is 12.1 Å². The van der Waals surface area contributed by atoms with Crippen LogP contribution in [-0.4, -0.2) is 29.4 Å². The van der Waals surface area contributed by atoms with Gasteiger partial charge in [-0.05, 0) is 7.05 Å². The van der Waals surface area contributed by atoms with Gasteiger partial charge in [0.05, 0.1) is 11.2 Å². The van der Waals surface area contributed by atoms with Crippen molar-refractivity contribution in [3.8, 4) is 0 Å². The van der Waals surface area contributed by atoms with Crippen molar-refractivity contribution in [1.82, 2.24) is 9.88 Å². The molecule has 0 aromatic carbocycles. The topological polar surface area (TPSA) is 59.2 Å². The van der Waals surface area contributed by atoms with Gasteiger partial charge in [0, 0.05) is 24.9 Å². The summed E-state index contributed by atoms with van der Waals surface area (Å²) in [6.07, 6.45) is 0.403. The molecule has 5 heteroatoms. The van der Waals surface area contributed by atoms with Gasteiger partial charge in [0.2, 0.25) is 5.91 Å². The smallest absolute Gasteiger partial charge is 0.218 e. The Morgan fingerprint density at radius 3 is 3.08 bits per heavy atom. The zero-order valence-electron chi connectivity index (χ0n) is 7.56. The number of nitrogens with zero attached hydrogens (tertiary/aromatic N) is 2. The van der Waals surface area contributed by atoms with E-state index < -0.39 is 0 Å². The number of carbonyl (C=O) groups excluding carboxylic acids is 1. The molecule has 0 aliphatic carbocycles. The number of thiazole rings is 1. The molecule has 0 radical (unpaired) electrons. The Morgan fingerprint density at radius 1 is 1.77 bits per heavy atom. The van der Waals surface area contributed by atoms with Crippen molar-refractivity contribution in [3.05, 3.63) is 16.6 Å². The first kappa shape index (κ1) is 10.1. The predicted molar refractivity (Wildman–Crippen MR) is 52.3 cm³/mol. The molecule has 2 N–H and O–H groups in total. The number of aromatic nitrogens is 1. The maximum Gasteiger partial charge on any atom is 0.218 e. The molecule has 0 fully saturated rings. The molecule has 0 unspecified atom stereocenters. The average Bonchev–Trinajstić information content (AvgIpc) is 2.53. The van der Waals surface area contributed by atoms with Crippen LogP contribution >= 0.6 is 11.3 Å². The van der Waals surface area contributed by atoms with Crippen LogP contribution in [0, 0.1) is 0 Å². The highest BCUT2D eigenvalue weighted by molar-refractivity contribution is 7.07. The van der Waals surface area contributed by atoms with Gasteiger partial charge in [-0.2, -0.15) is 0 Å². The van der Waals surface area contributed by atoms with Crippen molar-refractivity contribution >= 4 is 17.2 Å². The fraction of sp³-hybridized carbons (Fsp3) is 0.500. The lowest BCUT2D eigenvalue weighted by atomic mass is 10.3. The van der Waals surface area contributed by atoms with Gasteiger partial charge in [-0.3, -0.25) is 4.79 Å². The number of carbonyl (C=O) groups is 1. The van der Waals surface area contributed by atoms with Gasteiger partial charge in [-0.15, -0.1) is 11.3 Å². The highest BCUT2D eigenvalue weighted by Gasteiger charge is 2.03. The molecule has 13 heavy (non-hydrogen) atoms. The second-order valence-electron chi connectivity index (χ2n) is 2.93. The summed E-state index contributed by atoms with van der Waals surface area (Å²) >= 11 is 1.58. The molecule has 1 aromatic rings. The summed E-state index contributed by atoms with van der Waals surface area (Å²) in [4.78, 5) is 16.7. The van der Waals surface area contributed by atoms with E-state index in [9.17, 15) is 4.79 Å². The van der Waals surface area contributed by atoms with Crippen molar-refractivity contribution in [2.24, 2.45) is 5.73 Å². The molecule has 0 aliphatic rings. The van der Waals surface area contributed by atoms with Crippen LogP contribution in [0.5, 0.6) is 0 Å². The molecule has 1 heterocycles. The Bertz CT molecular complexity index is 260. The molecule has 0 bridgehead atoms. The van der Waals surface area contributed by atoms with E-state index in [0.29, 0.717) is 13.0 Å². The molecular formula is C8H13N3OS. The lowest BCUT2D eigenvalue weighted by Crippen LogP contribution is -2.24. The molecule has 0 spiro atoms. The Kier molecular flexibility index (Phi) is 3.85. The highest BCUT2D eigenvalue weighted by Crippen LogP contribution is 2.03. The Morgan fingerprint density at radius 2 is 2.54 bits per heavy atom. The molecule has 4 nitrogen and oxygen atoms in total. The average molecular weight is 199 g/mol. The van der Waals surface area contributed by atoms with Crippen LogP contribution in [0.15, 0.2) is 10.9 Å². The second kappa shape index (κ2) is 4.94. The van der Waals surface area contributed by atoms with E-state index in [1.54, 1.807) is 16.8 Å². The Balaban J connectivity index is 2.25.